The van der Waals surface area contributed by atoms with Crippen LogP contribution in [0.15, 0.2) is 57.9 Å². The molecule has 3 fully saturated rings. The van der Waals surface area contributed by atoms with Gasteiger partial charge in [-0.25, -0.2) is 8.42 Å². The van der Waals surface area contributed by atoms with Crippen LogP contribution in [-0.2, 0) is 9.84 Å². The molecule has 0 heterocycles. The molecular formula is C20H19BrO3S. The van der Waals surface area contributed by atoms with Crippen molar-refractivity contribution in [2.45, 2.75) is 42.2 Å². The number of halogens is 1. The maximum absolute atomic E-state index is 12.9. The molecule has 5 rings (SSSR count). The second kappa shape index (κ2) is 5.52. The van der Waals surface area contributed by atoms with Gasteiger partial charge in [0.25, 0.3) is 0 Å². The lowest BCUT2D eigenvalue weighted by atomic mass is 9.42. The Labute approximate surface area is 156 Å². The predicted molar refractivity (Wildman–Crippen MR) is 100 cm³/mol. The highest BCUT2D eigenvalue weighted by molar-refractivity contribution is 9.10. The molecule has 0 radical (unpaired) electrons. The van der Waals surface area contributed by atoms with E-state index in [0.29, 0.717) is 36.1 Å². The van der Waals surface area contributed by atoms with Gasteiger partial charge < -0.3 is 0 Å². The third-order valence-corrected chi connectivity index (χ3v) is 8.63. The highest BCUT2D eigenvalue weighted by Crippen LogP contribution is 2.73. The Morgan fingerprint density at radius 3 is 2.32 bits per heavy atom. The largest absolute Gasteiger partial charge is 0.294 e. The quantitative estimate of drug-likeness (QED) is 0.659. The summed E-state index contributed by atoms with van der Waals surface area (Å²) in [4.78, 5) is 12.9. The van der Waals surface area contributed by atoms with Crippen LogP contribution in [0.1, 0.15) is 41.6 Å². The summed E-state index contributed by atoms with van der Waals surface area (Å²) in [5.41, 5.74) is 1.62. The van der Waals surface area contributed by atoms with Gasteiger partial charge in [-0.3, -0.25) is 4.79 Å². The molecule has 0 spiro atoms. The molecule has 2 aromatic carbocycles. The molecule has 0 N–H and O–H groups in total. The minimum atomic E-state index is -3.32. The van der Waals surface area contributed by atoms with Crippen LogP contribution in [-0.4, -0.2) is 18.9 Å². The molecule has 130 valence electrons. The molecule has 2 bridgehead atoms. The molecule has 2 aromatic rings. The minimum Gasteiger partial charge on any atom is -0.294 e. The summed E-state index contributed by atoms with van der Waals surface area (Å²) in [6.45, 7) is 1.94. The minimum absolute atomic E-state index is 0.0994. The molecule has 0 saturated heterocycles. The normalized spacial score (nSPS) is 27.3. The number of hydrogen-bond donors (Lipinski definition) is 0. The fourth-order valence-electron chi connectivity index (χ4n) is 4.44. The molecule has 0 amide bonds. The second-order valence-corrected chi connectivity index (χ2v) is 10.9. The SMILES string of the molecule is Cc1ccc(S(=O)(=O)C23CC(CC(=O)c4cccc(Br)c4)(C2)C3)cc1. The van der Waals surface area contributed by atoms with Gasteiger partial charge in [0.05, 0.1) is 9.64 Å². The van der Waals surface area contributed by atoms with Crippen molar-refractivity contribution in [3.8, 4) is 0 Å². The molecular weight excluding hydrogens is 400 g/mol. The van der Waals surface area contributed by atoms with E-state index < -0.39 is 14.6 Å². The second-order valence-electron chi connectivity index (χ2n) is 7.64. The van der Waals surface area contributed by atoms with Crippen molar-refractivity contribution < 1.29 is 13.2 Å². The summed E-state index contributed by atoms with van der Waals surface area (Å²) in [7, 11) is -3.32. The number of carbonyl (C=O) groups excluding carboxylic acids is 1. The van der Waals surface area contributed by atoms with Gasteiger partial charge >= 0.3 is 0 Å². The fourth-order valence-corrected chi connectivity index (χ4v) is 7.32. The van der Waals surface area contributed by atoms with Crippen LogP contribution in [0.25, 0.3) is 0 Å². The van der Waals surface area contributed by atoms with Crippen molar-refractivity contribution in [2.24, 2.45) is 5.41 Å². The average Bonchev–Trinajstić information content (AvgIpc) is 2.49. The van der Waals surface area contributed by atoms with Crippen molar-refractivity contribution in [1.29, 1.82) is 0 Å². The summed E-state index contributed by atoms with van der Waals surface area (Å²) >= 11 is 3.38. The van der Waals surface area contributed by atoms with Gasteiger partial charge in [0, 0.05) is 16.5 Å². The Hall–Kier alpha value is -1.46. The Bertz CT molecular complexity index is 941. The molecule has 3 saturated carbocycles. The topological polar surface area (TPSA) is 51.2 Å². The van der Waals surface area contributed by atoms with Crippen LogP contribution in [0.3, 0.4) is 0 Å². The third-order valence-electron chi connectivity index (χ3n) is 5.68. The van der Waals surface area contributed by atoms with Gasteiger partial charge in [-0.2, -0.15) is 0 Å². The Balaban J connectivity index is 1.47. The zero-order chi connectivity index (χ0) is 17.9. The van der Waals surface area contributed by atoms with Gasteiger partial charge in [-0.05, 0) is 55.9 Å². The summed E-state index contributed by atoms with van der Waals surface area (Å²) in [6, 6.07) is 14.5. The van der Waals surface area contributed by atoms with Crippen molar-refractivity contribution in [3.63, 3.8) is 0 Å². The number of Topliss-reactive ketones (excluding diaryl/α,β-unsaturated/α-hetero) is 1. The van der Waals surface area contributed by atoms with Gasteiger partial charge in [-0.15, -0.1) is 0 Å². The monoisotopic (exact) mass is 418 g/mol. The van der Waals surface area contributed by atoms with Crippen LogP contribution < -0.4 is 0 Å². The zero-order valence-electron chi connectivity index (χ0n) is 14.0. The van der Waals surface area contributed by atoms with E-state index in [1.54, 1.807) is 12.1 Å². The van der Waals surface area contributed by atoms with Crippen molar-refractivity contribution in [3.05, 3.63) is 64.1 Å². The molecule has 5 heteroatoms. The Kier molecular flexibility index (Phi) is 3.75. The molecule has 0 aromatic heterocycles. The first-order valence-electron chi connectivity index (χ1n) is 8.36. The van der Waals surface area contributed by atoms with Crippen molar-refractivity contribution in [2.75, 3.05) is 0 Å². The van der Waals surface area contributed by atoms with Gasteiger partial charge in [-0.1, -0.05) is 45.8 Å². The van der Waals surface area contributed by atoms with E-state index in [1.165, 1.54) is 0 Å². The van der Waals surface area contributed by atoms with E-state index in [9.17, 15) is 13.2 Å². The Morgan fingerprint density at radius 2 is 1.72 bits per heavy atom. The van der Waals surface area contributed by atoms with Crippen LogP contribution in [0, 0.1) is 12.3 Å². The van der Waals surface area contributed by atoms with E-state index in [4.69, 9.17) is 0 Å². The average molecular weight is 419 g/mol. The number of sulfone groups is 1. The number of aryl methyl sites for hydroxylation is 1. The van der Waals surface area contributed by atoms with E-state index in [0.717, 1.165) is 10.0 Å². The van der Waals surface area contributed by atoms with E-state index in [2.05, 4.69) is 15.9 Å². The predicted octanol–water partition coefficient (Wildman–Crippen LogP) is 4.73. The first-order valence-corrected chi connectivity index (χ1v) is 10.6. The lowest BCUT2D eigenvalue weighted by Gasteiger charge is -2.69. The molecule has 3 nitrogen and oxygen atoms in total. The highest BCUT2D eigenvalue weighted by Gasteiger charge is 2.74. The molecule has 0 aliphatic heterocycles. The maximum Gasteiger partial charge on any atom is 0.184 e. The lowest BCUT2D eigenvalue weighted by Crippen LogP contribution is -2.70. The summed E-state index contributed by atoms with van der Waals surface area (Å²) in [6.07, 6.45) is 2.26. The van der Waals surface area contributed by atoms with Crippen molar-refractivity contribution in [1.82, 2.24) is 0 Å². The van der Waals surface area contributed by atoms with Crippen LogP contribution in [0.5, 0.6) is 0 Å². The smallest absolute Gasteiger partial charge is 0.184 e. The zero-order valence-corrected chi connectivity index (χ0v) is 16.4. The molecule has 3 aliphatic carbocycles. The third kappa shape index (κ3) is 2.59. The van der Waals surface area contributed by atoms with Gasteiger partial charge in [0.2, 0.25) is 0 Å². The lowest BCUT2D eigenvalue weighted by molar-refractivity contribution is -0.0791. The molecule has 0 unspecified atom stereocenters. The summed E-state index contributed by atoms with van der Waals surface area (Å²) in [5.74, 6) is 0.0994. The summed E-state index contributed by atoms with van der Waals surface area (Å²) in [5, 5.41) is 0. The van der Waals surface area contributed by atoms with Gasteiger partial charge in [0.1, 0.15) is 0 Å². The molecule has 25 heavy (non-hydrogen) atoms. The number of carbonyl (C=O) groups is 1. The van der Waals surface area contributed by atoms with E-state index in [1.807, 2.05) is 43.3 Å². The number of rotatable bonds is 5. The van der Waals surface area contributed by atoms with E-state index >= 15 is 0 Å². The Morgan fingerprint density at radius 1 is 1.08 bits per heavy atom. The van der Waals surface area contributed by atoms with Crippen LogP contribution in [0.4, 0.5) is 0 Å². The van der Waals surface area contributed by atoms with E-state index in [-0.39, 0.29) is 11.2 Å². The molecule has 3 aliphatic rings. The van der Waals surface area contributed by atoms with Crippen LogP contribution in [0.2, 0.25) is 0 Å². The van der Waals surface area contributed by atoms with Gasteiger partial charge in [0.15, 0.2) is 15.6 Å². The summed E-state index contributed by atoms with van der Waals surface area (Å²) < 4.78 is 26.1. The molecule has 0 atom stereocenters. The number of ketones is 1. The number of benzene rings is 2. The van der Waals surface area contributed by atoms with Crippen molar-refractivity contribution >= 4 is 31.6 Å². The fraction of sp³-hybridized carbons (Fsp3) is 0.350. The first kappa shape index (κ1) is 17.0. The maximum atomic E-state index is 12.9. The highest BCUT2D eigenvalue weighted by atomic mass is 79.9. The number of hydrogen-bond acceptors (Lipinski definition) is 3. The van der Waals surface area contributed by atoms with Crippen LogP contribution >= 0.6 is 15.9 Å². The first-order chi connectivity index (χ1) is 11.8. The standard InChI is InChI=1S/C20H19BrO3S/c1-14-5-7-17(8-6-14)25(23,24)20-11-19(12-20,13-20)10-18(22)15-3-2-4-16(21)9-15/h2-9H,10-13H2,1H3.